The molecule has 6 heteroatoms. The Hall–Kier alpha value is -0.860. The number of benzene rings is 1. The molecule has 0 aliphatic heterocycles. The standard InChI is InChI=1S/C18H29N3O2.HI/c1-3-19-18(21-16-7-9-17(22)10-8-16)20-12-14-5-4-6-15(11-14)13-23-2;/h4-6,11,16-17,22H,3,7-10,12-13H2,1-2H3,(H2,19,20,21);1H. The average Bonchev–Trinajstić information content (AvgIpc) is 2.56. The molecular weight excluding hydrogens is 417 g/mol. The fourth-order valence-corrected chi connectivity index (χ4v) is 2.89. The number of aliphatic imine (C=N–C) groups is 1. The number of ether oxygens (including phenoxy) is 1. The lowest BCUT2D eigenvalue weighted by Crippen LogP contribution is -2.45. The van der Waals surface area contributed by atoms with E-state index in [1.165, 1.54) is 11.1 Å². The van der Waals surface area contributed by atoms with Gasteiger partial charge < -0.3 is 20.5 Å². The summed E-state index contributed by atoms with van der Waals surface area (Å²) < 4.78 is 5.18. The second-order valence-electron chi connectivity index (χ2n) is 6.10. The molecule has 0 atom stereocenters. The molecule has 3 N–H and O–H groups in total. The summed E-state index contributed by atoms with van der Waals surface area (Å²) in [6.07, 6.45) is 3.60. The molecule has 1 aliphatic rings. The summed E-state index contributed by atoms with van der Waals surface area (Å²) in [5.74, 6) is 0.853. The lowest BCUT2D eigenvalue weighted by molar-refractivity contribution is 0.120. The first-order valence-corrected chi connectivity index (χ1v) is 8.51. The maximum atomic E-state index is 9.60. The van der Waals surface area contributed by atoms with Gasteiger partial charge in [0.15, 0.2) is 5.96 Å². The van der Waals surface area contributed by atoms with Crippen molar-refractivity contribution in [2.45, 2.75) is 57.9 Å². The summed E-state index contributed by atoms with van der Waals surface area (Å²) in [5, 5.41) is 16.4. The largest absolute Gasteiger partial charge is 0.393 e. The molecule has 0 spiro atoms. The van der Waals surface area contributed by atoms with E-state index in [0.717, 1.165) is 38.2 Å². The third-order valence-corrected chi connectivity index (χ3v) is 4.10. The summed E-state index contributed by atoms with van der Waals surface area (Å²) in [7, 11) is 1.71. The monoisotopic (exact) mass is 447 g/mol. The van der Waals surface area contributed by atoms with Crippen LogP contribution in [0.15, 0.2) is 29.3 Å². The van der Waals surface area contributed by atoms with Gasteiger partial charge in [-0.1, -0.05) is 24.3 Å². The van der Waals surface area contributed by atoms with Gasteiger partial charge in [0.05, 0.1) is 19.3 Å². The molecule has 1 fully saturated rings. The fourth-order valence-electron chi connectivity index (χ4n) is 2.89. The Kier molecular flexibility index (Phi) is 10.3. The molecule has 1 aromatic rings. The highest BCUT2D eigenvalue weighted by Gasteiger charge is 2.19. The molecule has 1 aliphatic carbocycles. The van der Waals surface area contributed by atoms with E-state index in [9.17, 15) is 5.11 Å². The molecule has 0 amide bonds. The predicted molar refractivity (Wildman–Crippen MR) is 109 cm³/mol. The van der Waals surface area contributed by atoms with Crippen molar-refractivity contribution in [3.05, 3.63) is 35.4 Å². The molecule has 0 unspecified atom stereocenters. The summed E-state index contributed by atoms with van der Waals surface area (Å²) in [6, 6.07) is 8.72. The Morgan fingerprint density at radius 1 is 1.25 bits per heavy atom. The number of aliphatic hydroxyl groups is 1. The Morgan fingerprint density at radius 3 is 2.62 bits per heavy atom. The molecule has 136 valence electrons. The van der Waals surface area contributed by atoms with Crippen LogP contribution in [0.3, 0.4) is 0 Å². The first-order valence-electron chi connectivity index (χ1n) is 8.51. The van der Waals surface area contributed by atoms with Gasteiger partial charge in [0.2, 0.25) is 0 Å². The van der Waals surface area contributed by atoms with Gasteiger partial charge in [0.25, 0.3) is 0 Å². The Bertz CT molecular complexity index is 503. The first kappa shape index (κ1) is 21.2. The van der Waals surface area contributed by atoms with E-state index in [-0.39, 0.29) is 30.1 Å². The van der Waals surface area contributed by atoms with Gasteiger partial charge in [-0.25, -0.2) is 4.99 Å². The molecule has 0 radical (unpaired) electrons. The minimum Gasteiger partial charge on any atom is -0.393 e. The number of hydrogen-bond donors (Lipinski definition) is 3. The van der Waals surface area contributed by atoms with Crippen LogP contribution >= 0.6 is 24.0 Å². The normalized spacial score (nSPS) is 21.0. The molecule has 24 heavy (non-hydrogen) atoms. The molecule has 0 bridgehead atoms. The number of nitrogens with one attached hydrogen (secondary N) is 2. The summed E-state index contributed by atoms with van der Waals surface area (Å²) in [5.41, 5.74) is 2.34. The van der Waals surface area contributed by atoms with Crippen molar-refractivity contribution in [1.82, 2.24) is 10.6 Å². The zero-order chi connectivity index (χ0) is 16.5. The molecule has 1 saturated carbocycles. The molecule has 1 aromatic carbocycles. The van der Waals surface area contributed by atoms with Crippen molar-refractivity contribution in [3.8, 4) is 0 Å². The van der Waals surface area contributed by atoms with E-state index in [1.807, 2.05) is 6.07 Å². The third kappa shape index (κ3) is 7.36. The van der Waals surface area contributed by atoms with Gasteiger partial charge in [-0.3, -0.25) is 0 Å². The lowest BCUT2D eigenvalue weighted by atomic mass is 9.93. The van der Waals surface area contributed by atoms with Crippen LogP contribution < -0.4 is 10.6 Å². The van der Waals surface area contributed by atoms with Gasteiger partial charge in [0, 0.05) is 19.7 Å². The number of halogens is 1. The van der Waals surface area contributed by atoms with Gasteiger partial charge in [-0.15, -0.1) is 24.0 Å². The number of rotatable bonds is 6. The third-order valence-electron chi connectivity index (χ3n) is 4.10. The Labute approximate surface area is 162 Å². The van der Waals surface area contributed by atoms with E-state index in [2.05, 4.69) is 40.7 Å². The van der Waals surface area contributed by atoms with Crippen LogP contribution in [0.4, 0.5) is 0 Å². The van der Waals surface area contributed by atoms with Crippen molar-refractivity contribution in [2.24, 2.45) is 4.99 Å². The van der Waals surface area contributed by atoms with Crippen LogP contribution in [-0.2, 0) is 17.9 Å². The maximum absolute atomic E-state index is 9.60. The van der Waals surface area contributed by atoms with Crippen molar-refractivity contribution in [2.75, 3.05) is 13.7 Å². The van der Waals surface area contributed by atoms with Crippen molar-refractivity contribution >= 4 is 29.9 Å². The number of methoxy groups -OCH3 is 1. The van der Waals surface area contributed by atoms with Crippen LogP contribution in [-0.4, -0.2) is 36.9 Å². The summed E-state index contributed by atoms with van der Waals surface area (Å²) in [6.45, 7) is 4.18. The minimum atomic E-state index is -0.129. The molecule has 0 aromatic heterocycles. The molecular formula is C18H30IN3O2. The number of guanidine groups is 1. The van der Waals surface area contributed by atoms with E-state index >= 15 is 0 Å². The van der Waals surface area contributed by atoms with Crippen molar-refractivity contribution in [1.29, 1.82) is 0 Å². The van der Waals surface area contributed by atoms with Crippen LogP contribution in [0.2, 0.25) is 0 Å². The highest BCUT2D eigenvalue weighted by atomic mass is 127. The highest BCUT2D eigenvalue weighted by Crippen LogP contribution is 2.18. The zero-order valence-corrected chi connectivity index (χ0v) is 17.0. The fraction of sp³-hybridized carbons (Fsp3) is 0.611. The van der Waals surface area contributed by atoms with Crippen LogP contribution in [0.5, 0.6) is 0 Å². The SMILES string of the molecule is CCNC(=NCc1cccc(COC)c1)NC1CCC(O)CC1.I. The van der Waals surface area contributed by atoms with Crippen molar-refractivity contribution in [3.63, 3.8) is 0 Å². The topological polar surface area (TPSA) is 65.9 Å². The van der Waals surface area contributed by atoms with Crippen molar-refractivity contribution < 1.29 is 9.84 Å². The molecule has 0 saturated heterocycles. The minimum absolute atomic E-state index is 0. The summed E-state index contributed by atoms with van der Waals surface area (Å²) in [4.78, 5) is 4.69. The molecule has 2 rings (SSSR count). The molecule has 5 nitrogen and oxygen atoms in total. The van der Waals surface area contributed by atoms with Crippen LogP contribution in [0, 0.1) is 0 Å². The predicted octanol–water partition coefficient (Wildman–Crippen LogP) is 2.81. The smallest absolute Gasteiger partial charge is 0.191 e. The highest BCUT2D eigenvalue weighted by molar-refractivity contribution is 14.0. The van der Waals surface area contributed by atoms with Gasteiger partial charge in [0.1, 0.15) is 0 Å². The zero-order valence-electron chi connectivity index (χ0n) is 14.6. The Balaban J connectivity index is 0.00000288. The van der Waals surface area contributed by atoms with E-state index < -0.39 is 0 Å². The van der Waals surface area contributed by atoms with Gasteiger partial charge in [-0.2, -0.15) is 0 Å². The first-order chi connectivity index (χ1) is 11.2. The number of nitrogens with zero attached hydrogens (tertiary/aromatic N) is 1. The van der Waals surface area contributed by atoms with E-state index in [4.69, 9.17) is 4.74 Å². The van der Waals surface area contributed by atoms with Crippen LogP contribution in [0.25, 0.3) is 0 Å². The average molecular weight is 447 g/mol. The second kappa shape index (κ2) is 11.7. The number of aliphatic hydroxyl groups excluding tert-OH is 1. The quantitative estimate of drug-likeness (QED) is 0.357. The lowest BCUT2D eigenvalue weighted by Gasteiger charge is -2.27. The van der Waals surface area contributed by atoms with Crippen LogP contribution in [0.1, 0.15) is 43.7 Å². The Morgan fingerprint density at radius 2 is 1.96 bits per heavy atom. The van der Waals surface area contributed by atoms with E-state index in [1.54, 1.807) is 7.11 Å². The molecule has 0 heterocycles. The van der Waals surface area contributed by atoms with E-state index in [0.29, 0.717) is 19.2 Å². The number of hydrogen-bond acceptors (Lipinski definition) is 3. The summed E-state index contributed by atoms with van der Waals surface area (Å²) >= 11 is 0. The van der Waals surface area contributed by atoms with Gasteiger partial charge in [-0.05, 0) is 43.7 Å². The van der Waals surface area contributed by atoms with Gasteiger partial charge >= 0.3 is 0 Å². The second-order valence-corrected chi connectivity index (χ2v) is 6.10. The maximum Gasteiger partial charge on any atom is 0.191 e.